The van der Waals surface area contributed by atoms with Crippen LogP contribution in [0.3, 0.4) is 0 Å². The van der Waals surface area contributed by atoms with Crippen LogP contribution < -0.4 is 10.6 Å². The molecule has 0 saturated heterocycles. The molecule has 104 valence electrons. The lowest BCUT2D eigenvalue weighted by Crippen LogP contribution is -2.41. The maximum atomic E-state index is 5.83. The lowest BCUT2D eigenvalue weighted by atomic mass is 9.88. The van der Waals surface area contributed by atoms with Crippen LogP contribution in [0.2, 0.25) is 0 Å². The molecule has 0 saturated carbocycles. The van der Waals surface area contributed by atoms with Gasteiger partial charge in [0, 0.05) is 23.7 Å². The number of hydrogen-bond acceptors (Lipinski definition) is 2. The average molecular weight is 276 g/mol. The minimum Gasteiger partial charge on any atom is -0.393 e. The summed E-state index contributed by atoms with van der Waals surface area (Å²) < 4.78 is 0. The lowest BCUT2D eigenvalue weighted by molar-refractivity contribution is 0.450. The maximum absolute atomic E-state index is 5.83. The molecule has 2 rings (SSSR count). The summed E-state index contributed by atoms with van der Waals surface area (Å²) in [5.74, 6) is 0. The summed E-state index contributed by atoms with van der Waals surface area (Å²) in [4.78, 5) is 3.13. The van der Waals surface area contributed by atoms with Gasteiger partial charge >= 0.3 is 0 Å². The van der Waals surface area contributed by atoms with Crippen molar-refractivity contribution in [2.24, 2.45) is 11.1 Å². The van der Waals surface area contributed by atoms with E-state index in [1.807, 2.05) is 0 Å². The van der Waals surface area contributed by atoms with Gasteiger partial charge in [0.2, 0.25) is 0 Å². The van der Waals surface area contributed by atoms with Crippen molar-refractivity contribution in [1.82, 2.24) is 0 Å². The highest BCUT2D eigenvalue weighted by molar-refractivity contribution is 7.80. The second kappa shape index (κ2) is 5.49. The summed E-state index contributed by atoms with van der Waals surface area (Å²) in [6.45, 7) is 7.60. The minimum atomic E-state index is -0.0680. The molecule has 3 heteroatoms. The third-order valence-corrected chi connectivity index (χ3v) is 4.86. The van der Waals surface area contributed by atoms with Gasteiger partial charge in [0.05, 0.1) is 4.99 Å². The zero-order chi connectivity index (χ0) is 14.0. The van der Waals surface area contributed by atoms with E-state index in [2.05, 4.69) is 49.9 Å². The van der Waals surface area contributed by atoms with Gasteiger partial charge in [-0.3, -0.25) is 0 Å². The molecule has 1 aliphatic heterocycles. The van der Waals surface area contributed by atoms with Crippen LogP contribution in [0.5, 0.6) is 0 Å². The van der Waals surface area contributed by atoms with E-state index in [1.54, 1.807) is 0 Å². The molecule has 2 N–H and O–H groups in total. The highest BCUT2D eigenvalue weighted by Crippen LogP contribution is 2.32. The van der Waals surface area contributed by atoms with Crippen molar-refractivity contribution in [3.8, 4) is 0 Å². The minimum absolute atomic E-state index is 0.0680. The first kappa shape index (κ1) is 14.3. The van der Waals surface area contributed by atoms with Crippen LogP contribution in [0, 0.1) is 5.41 Å². The number of aryl methyl sites for hydroxylation is 1. The number of nitrogens with two attached hydrogens (primary N) is 1. The monoisotopic (exact) mass is 276 g/mol. The number of fused-ring (bicyclic) bond motifs is 1. The van der Waals surface area contributed by atoms with Crippen LogP contribution in [0.1, 0.15) is 39.2 Å². The van der Waals surface area contributed by atoms with Gasteiger partial charge in [-0.15, -0.1) is 0 Å². The normalized spacial score (nSPS) is 19.1. The molecule has 0 aromatic heterocycles. The number of hydrogen-bond donors (Lipinski definition) is 1. The van der Waals surface area contributed by atoms with Crippen molar-refractivity contribution >= 4 is 22.9 Å². The van der Waals surface area contributed by atoms with Gasteiger partial charge in [-0.25, -0.2) is 0 Å². The zero-order valence-corrected chi connectivity index (χ0v) is 13.0. The van der Waals surface area contributed by atoms with Crippen LogP contribution >= 0.6 is 12.2 Å². The molecule has 2 nitrogen and oxygen atoms in total. The van der Waals surface area contributed by atoms with E-state index < -0.39 is 0 Å². The molecule has 1 aromatic rings. The van der Waals surface area contributed by atoms with Crippen LogP contribution in [0.4, 0.5) is 5.69 Å². The number of rotatable bonds is 4. The summed E-state index contributed by atoms with van der Waals surface area (Å²) in [7, 11) is 0. The van der Waals surface area contributed by atoms with Crippen LogP contribution in [-0.4, -0.2) is 17.6 Å². The quantitative estimate of drug-likeness (QED) is 0.853. The molecule has 0 fully saturated rings. The van der Waals surface area contributed by atoms with Crippen molar-refractivity contribution < 1.29 is 0 Å². The smallest absolute Gasteiger partial charge is 0.0785 e. The number of anilines is 1. The topological polar surface area (TPSA) is 29.3 Å². The van der Waals surface area contributed by atoms with Crippen LogP contribution in [0.25, 0.3) is 0 Å². The molecule has 0 bridgehead atoms. The van der Waals surface area contributed by atoms with E-state index in [0.29, 0.717) is 11.0 Å². The molecule has 19 heavy (non-hydrogen) atoms. The summed E-state index contributed by atoms with van der Waals surface area (Å²) in [6, 6.07) is 9.33. The van der Waals surface area contributed by atoms with Crippen molar-refractivity contribution in [3.63, 3.8) is 0 Å². The molecule has 1 unspecified atom stereocenters. The number of para-hydroxylation sites is 1. The lowest BCUT2D eigenvalue weighted by Gasteiger charge is -2.39. The predicted octanol–water partition coefficient (Wildman–Crippen LogP) is 3.53. The average Bonchev–Trinajstić information content (AvgIpc) is 2.37. The number of thiocarbonyl (C=S) groups is 1. The fraction of sp³-hybridized carbons (Fsp3) is 0.562. The Bertz CT molecular complexity index is 468. The highest BCUT2D eigenvalue weighted by Gasteiger charge is 2.27. The molecular weight excluding hydrogens is 252 g/mol. The Kier molecular flexibility index (Phi) is 4.14. The maximum Gasteiger partial charge on any atom is 0.0785 e. The number of nitrogens with zero attached hydrogens (tertiary/aromatic N) is 1. The Morgan fingerprint density at radius 2 is 2.11 bits per heavy atom. The second-order valence-electron chi connectivity index (χ2n) is 6.21. The Labute approximate surface area is 122 Å². The summed E-state index contributed by atoms with van der Waals surface area (Å²) in [5, 5.41) is 0. The third-order valence-electron chi connectivity index (χ3n) is 4.31. The molecule has 0 radical (unpaired) electrons. The summed E-state index contributed by atoms with van der Waals surface area (Å²) in [6.07, 6.45) is 3.41. The van der Waals surface area contributed by atoms with Gasteiger partial charge in [-0.05, 0) is 37.8 Å². The first-order chi connectivity index (χ1) is 8.92. The Morgan fingerprint density at radius 3 is 2.79 bits per heavy atom. The molecular formula is C16H24N2S. The van der Waals surface area contributed by atoms with Gasteiger partial charge in [0.25, 0.3) is 0 Å². The van der Waals surface area contributed by atoms with E-state index >= 15 is 0 Å². The molecule has 1 aliphatic rings. The SMILES string of the molecule is CC1CCc2ccccc2N1CCC(C)(C)C(N)=S. The molecule has 0 amide bonds. The first-order valence-electron chi connectivity index (χ1n) is 7.06. The Balaban J connectivity index is 2.14. The summed E-state index contributed by atoms with van der Waals surface area (Å²) in [5.41, 5.74) is 8.62. The Hall–Kier alpha value is -1.09. The molecule has 1 aromatic carbocycles. The molecule has 0 aliphatic carbocycles. The van der Waals surface area contributed by atoms with Crippen molar-refractivity contribution in [2.75, 3.05) is 11.4 Å². The van der Waals surface area contributed by atoms with Gasteiger partial charge in [0.15, 0.2) is 0 Å². The van der Waals surface area contributed by atoms with E-state index in [0.717, 1.165) is 13.0 Å². The van der Waals surface area contributed by atoms with Gasteiger partial charge in [-0.2, -0.15) is 0 Å². The fourth-order valence-corrected chi connectivity index (χ4v) is 2.73. The highest BCUT2D eigenvalue weighted by atomic mass is 32.1. The third kappa shape index (κ3) is 3.08. The predicted molar refractivity (Wildman–Crippen MR) is 86.8 cm³/mol. The second-order valence-corrected chi connectivity index (χ2v) is 6.65. The van der Waals surface area contributed by atoms with E-state index in [-0.39, 0.29) is 5.41 Å². The fourth-order valence-electron chi connectivity index (χ4n) is 2.62. The van der Waals surface area contributed by atoms with E-state index in [4.69, 9.17) is 18.0 Å². The molecule has 1 atom stereocenters. The van der Waals surface area contributed by atoms with E-state index in [9.17, 15) is 0 Å². The van der Waals surface area contributed by atoms with Crippen molar-refractivity contribution in [3.05, 3.63) is 29.8 Å². The standard InChI is InChI=1S/C16H24N2S/c1-12-8-9-13-6-4-5-7-14(13)18(12)11-10-16(2,3)15(17)19/h4-7,12H,8-11H2,1-3H3,(H2,17,19). The van der Waals surface area contributed by atoms with Gasteiger partial charge in [0.1, 0.15) is 0 Å². The zero-order valence-electron chi connectivity index (χ0n) is 12.1. The number of benzene rings is 1. The molecule has 0 spiro atoms. The summed E-state index contributed by atoms with van der Waals surface area (Å²) >= 11 is 5.17. The van der Waals surface area contributed by atoms with Gasteiger partial charge in [-0.1, -0.05) is 44.3 Å². The van der Waals surface area contributed by atoms with E-state index in [1.165, 1.54) is 24.1 Å². The van der Waals surface area contributed by atoms with Crippen LogP contribution in [-0.2, 0) is 6.42 Å². The Morgan fingerprint density at radius 1 is 1.42 bits per heavy atom. The van der Waals surface area contributed by atoms with Crippen molar-refractivity contribution in [1.29, 1.82) is 0 Å². The van der Waals surface area contributed by atoms with Crippen LogP contribution in [0.15, 0.2) is 24.3 Å². The van der Waals surface area contributed by atoms with Crippen molar-refractivity contribution in [2.45, 2.75) is 46.1 Å². The van der Waals surface area contributed by atoms with Gasteiger partial charge < -0.3 is 10.6 Å². The first-order valence-corrected chi connectivity index (χ1v) is 7.47. The largest absolute Gasteiger partial charge is 0.393 e. The molecule has 1 heterocycles.